The van der Waals surface area contributed by atoms with Gasteiger partial charge in [0.05, 0.1) is 6.61 Å². The molecule has 0 spiro atoms. The number of ether oxygens (including phenoxy) is 1. The van der Waals surface area contributed by atoms with Crippen LogP contribution in [0.3, 0.4) is 0 Å². The largest absolute Gasteiger partial charge is 0.491 e. The first-order valence-corrected chi connectivity index (χ1v) is 8.84. The van der Waals surface area contributed by atoms with Crippen molar-refractivity contribution in [2.24, 2.45) is 0 Å². The van der Waals surface area contributed by atoms with E-state index in [9.17, 15) is 20.0 Å². The quantitative estimate of drug-likeness (QED) is 0.266. The Kier molecular flexibility index (Phi) is 9.52. The van der Waals surface area contributed by atoms with Gasteiger partial charge in [0.2, 0.25) is 5.91 Å². The van der Waals surface area contributed by atoms with Gasteiger partial charge in [-0.15, -0.1) is 10.1 Å². The van der Waals surface area contributed by atoms with Crippen LogP contribution < -0.4 is 15.4 Å². The second-order valence-electron chi connectivity index (χ2n) is 6.98. The van der Waals surface area contributed by atoms with Crippen molar-refractivity contribution in [3.05, 3.63) is 39.9 Å². The van der Waals surface area contributed by atoms with Gasteiger partial charge in [0.15, 0.2) is 0 Å². The number of benzene rings is 1. The molecule has 0 bridgehead atoms. The predicted octanol–water partition coefficient (Wildman–Crippen LogP) is 1.21. The first-order chi connectivity index (χ1) is 12.7. The molecule has 0 heterocycles. The lowest BCUT2D eigenvalue weighted by Gasteiger charge is -2.28. The van der Waals surface area contributed by atoms with E-state index >= 15 is 0 Å². The zero-order chi connectivity index (χ0) is 20.3. The second kappa shape index (κ2) is 11.3. The summed E-state index contributed by atoms with van der Waals surface area (Å²) in [7, 11) is 0. The fraction of sp³-hybridized carbons (Fsp3) is 0.611. The fourth-order valence-corrected chi connectivity index (χ4v) is 2.19. The number of rotatable bonds is 13. The average molecular weight is 383 g/mol. The van der Waals surface area contributed by atoms with Crippen LogP contribution in [0.25, 0.3) is 0 Å². The summed E-state index contributed by atoms with van der Waals surface area (Å²) in [5, 5.41) is 25.1. The van der Waals surface area contributed by atoms with Crippen LogP contribution in [0, 0.1) is 17.0 Å². The van der Waals surface area contributed by atoms with Gasteiger partial charge in [0, 0.05) is 25.0 Å². The Balaban J connectivity index is 2.21. The molecule has 27 heavy (non-hydrogen) atoms. The Morgan fingerprint density at radius 2 is 2.15 bits per heavy atom. The molecule has 9 heteroatoms. The molecule has 0 saturated carbocycles. The molecule has 0 aliphatic heterocycles. The highest BCUT2D eigenvalue weighted by atomic mass is 16.9. The van der Waals surface area contributed by atoms with Gasteiger partial charge in [0.1, 0.15) is 18.5 Å². The van der Waals surface area contributed by atoms with Crippen molar-refractivity contribution in [3.63, 3.8) is 0 Å². The van der Waals surface area contributed by atoms with Gasteiger partial charge < -0.3 is 25.3 Å². The van der Waals surface area contributed by atoms with Crippen molar-refractivity contribution in [2.75, 3.05) is 26.3 Å². The third-order valence-electron chi connectivity index (χ3n) is 3.72. The van der Waals surface area contributed by atoms with Gasteiger partial charge in [-0.3, -0.25) is 4.79 Å². The van der Waals surface area contributed by atoms with Crippen molar-refractivity contribution in [1.82, 2.24) is 10.6 Å². The normalized spacial score (nSPS) is 12.3. The molecule has 0 fully saturated rings. The molecule has 1 aromatic rings. The standard InChI is InChI=1S/C18H29N3O6/c1-14-6-4-7-16(10-14)26-12-15(22)11-20-18(2,3)13-19-17(23)8-5-9-27-21(24)25/h4,6-7,10,15,20,22H,5,8-9,11-13H2,1-3H3,(H,19,23). The number of nitrogens with one attached hydrogen (secondary N) is 2. The summed E-state index contributed by atoms with van der Waals surface area (Å²) >= 11 is 0. The predicted molar refractivity (Wildman–Crippen MR) is 100.0 cm³/mol. The number of aliphatic hydroxyl groups excluding tert-OH is 1. The highest BCUT2D eigenvalue weighted by molar-refractivity contribution is 5.75. The Hall–Kier alpha value is -2.39. The van der Waals surface area contributed by atoms with E-state index in [4.69, 9.17) is 4.74 Å². The van der Waals surface area contributed by atoms with Crippen LogP contribution in [-0.4, -0.2) is 54.0 Å². The number of nitrogens with zero attached hydrogens (tertiary/aromatic N) is 1. The Labute approximate surface area is 159 Å². The van der Waals surface area contributed by atoms with Gasteiger partial charge in [-0.1, -0.05) is 12.1 Å². The number of carbonyl (C=O) groups excluding carboxylic acids is 1. The maximum atomic E-state index is 11.7. The molecule has 3 N–H and O–H groups in total. The van der Waals surface area contributed by atoms with E-state index in [1.807, 2.05) is 45.0 Å². The van der Waals surface area contributed by atoms with Crippen LogP contribution in [0.15, 0.2) is 24.3 Å². The van der Waals surface area contributed by atoms with E-state index in [2.05, 4.69) is 15.5 Å². The third kappa shape index (κ3) is 11.0. The minimum Gasteiger partial charge on any atom is -0.491 e. The number of amides is 1. The van der Waals surface area contributed by atoms with Crippen LogP contribution in [0.4, 0.5) is 0 Å². The summed E-state index contributed by atoms with van der Waals surface area (Å²) < 4.78 is 5.56. The SMILES string of the molecule is Cc1cccc(OCC(O)CNC(C)(C)CNC(=O)CCCO[N+](=O)[O-])c1. The van der Waals surface area contributed by atoms with E-state index in [0.717, 1.165) is 5.56 Å². The number of hydrogen-bond donors (Lipinski definition) is 3. The van der Waals surface area contributed by atoms with Crippen LogP contribution in [0.5, 0.6) is 5.75 Å². The Morgan fingerprint density at radius 1 is 1.41 bits per heavy atom. The van der Waals surface area contributed by atoms with Gasteiger partial charge in [0.25, 0.3) is 5.09 Å². The van der Waals surface area contributed by atoms with Crippen molar-refractivity contribution < 1.29 is 24.6 Å². The molecule has 1 amide bonds. The van der Waals surface area contributed by atoms with Crippen molar-refractivity contribution >= 4 is 5.91 Å². The first-order valence-electron chi connectivity index (χ1n) is 8.84. The third-order valence-corrected chi connectivity index (χ3v) is 3.72. The van der Waals surface area contributed by atoms with Crippen LogP contribution >= 0.6 is 0 Å². The van der Waals surface area contributed by atoms with Gasteiger partial charge in [-0.2, -0.15) is 0 Å². The summed E-state index contributed by atoms with van der Waals surface area (Å²) in [6.07, 6.45) is -0.271. The lowest BCUT2D eigenvalue weighted by Crippen LogP contribution is -2.51. The van der Waals surface area contributed by atoms with Crippen molar-refractivity contribution in [2.45, 2.75) is 45.3 Å². The Morgan fingerprint density at radius 3 is 2.81 bits per heavy atom. The molecular weight excluding hydrogens is 354 g/mol. The van der Waals surface area contributed by atoms with E-state index in [1.165, 1.54) is 0 Å². The van der Waals surface area contributed by atoms with Crippen LogP contribution in [0.1, 0.15) is 32.3 Å². The minimum absolute atomic E-state index is 0.102. The fourth-order valence-electron chi connectivity index (χ4n) is 2.19. The molecule has 1 aromatic carbocycles. The summed E-state index contributed by atoms with van der Waals surface area (Å²) in [6.45, 7) is 6.49. The van der Waals surface area contributed by atoms with Crippen LogP contribution in [-0.2, 0) is 9.63 Å². The monoisotopic (exact) mass is 383 g/mol. The summed E-state index contributed by atoms with van der Waals surface area (Å²) in [6, 6.07) is 7.60. The lowest BCUT2D eigenvalue weighted by molar-refractivity contribution is -0.757. The highest BCUT2D eigenvalue weighted by Crippen LogP contribution is 2.12. The van der Waals surface area contributed by atoms with Gasteiger partial charge in [-0.25, -0.2) is 0 Å². The van der Waals surface area contributed by atoms with E-state index in [-0.39, 0.29) is 32.0 Å². The molecule has 1 rings (SSSR count). The topological polar surface area (TPSA) is 123 Å². The zero-order valence-electron chi connectivity index (χ0n) is 16.1. The number of hydrogen-bond acceptors (Lipinski definition) is 7. The molecular formula is C18H29N3O6. The number of carbonyl (C=O) groups is 1. The van der Waals surface area contributed by atoms with Gasteiger partial charge >= 0.3 is 0 Å². The Bertz CT molecular complexity index is 609. The number of β-amino-alcohol motifs (C(OH)–C–C–N with tert-alkyl or cyclic N) is 1. The lowest BCUT2D eigenvalue weighted by atomic mass is 10.1. The minimum atomic E-state index is -0.876. The maximum Gasteiger partial charge on any atom is 0.294 e. The van der Waals surface area contributed by atoms with Crippen molar-refractivity contribution in [1.29, 1.82) is 0 Å². The smallest absolute Gasteiger partial charge is 0.294 e. The van der Waals surface area contributed by atoms with Crippen molar-refractivity contribution in [3.8, 4) is 5.75 Å². The number of aliphatic hydroxyl groups is 1. The van der Waals surface area contributed by atoms with Gasteiger partial charge in [-0.05, 0) is 44.9 Å². The highest BCUT2D eigenvalue weighted by Gasteiger charge is 2.19. The maximum absolute atomic E-state index is 11.7. The van der Waals surface area contributed by atoms with E-state index in [1.54, 1.807) is 0 Å². The molecule has 1 atom stereocenters. The molecule has 0 aliphatic rings. The zero-order valence-corrected chi connectivity index (χ0v) is 16.1. The molecule has 0 aromatic heterocycles. The number of aryl methyl sites for hydroxylation is 1. The molecule has 9 nitrogen and oxygen atoms in total. The summed E-state index contributed by atoms with van der Waals surface area (Å²) in [5.74, 6) is 0.502. The first kappa shape index (κ1) is 22.7. The molecule has 0 radical (unpaired) electrons. The molecule has 1 unspecified atom stereocenters. The average Bonchev–Trinajstić information content (AvgIpc) is 2.60. The molecule has 0 aliphatic carbocycles. The summed E-state index contributed by atoms with van der Waals surface area (Å²) in [4.78, 5) is 25.9. The van der Waals surface area contributed by atoms with E-state index < -0.39 is 16.7 Å². The van der Waals surface area contributed by atoms with E-state index in [0.29, 0.717) is 18.8 Å². The van der Waals surface area contributed by atoms with Crippen LogP contribution in [0.2, 0.25) is 0 Å². The summed E-state index contributed by atoms with van der Waals surface area (Å²) in [5.41, 5.74) is 0.652. The molecule has 0 saturated heterocycles. The second-order valence-corrected chi connectivity index (χ2v) is 6.98. The molecule has 152 valence electrons.